The van der Waals surface area contributed by atoms with Crippen molar-refractivity contribution in [2.45, 2.75) is 44.9 Å². The van der Waals surface area contributed by atoms with Crippen LogP contribution in [0.15, 0.2) is 0 Å². The van der Waals surface area contributed by atoms with Gasteiger partial charge in [0.1, 0.15) is 0 Å². The summed E-state index contributed by atoms with van der Waals surface area (Å²) in [7, 11) is 0. The van der Waals surface area contributed by atoms with Gasteiger partial charge in [-0.25, -0.2) is 0 Å². The molecule has 70 valence electrons. The van der Waals surface area contributed by atoms with Crippen LogP contribution in [0.4, 0.5) is 0 Å². The van der Waals surface area contributed by atoms with Gasteiger partial charge in [0, 0.05) is 18.0 Å². The molecule has 1 heterocycles. The predicted molar refractivity (Wildman–Crippen MR) is 47.4 cm³/mol. The molecule has 0 aromatic rings. The number of nitrogens with one attached hydrogen (secondary N) is 2. The number of amides is 1. The van der Waals surface area contributed by atoms with Crippen molar-refractivity contribution in [2.75, 3.05) is 0 Å². The summed E-state index contributed by atoms with van der Waals surface area (Å²) in [6, 6.07) is 0.214. The van der Waals surface area contributed by atoms with Gasteiger partial charge < -0.3 is 11.1 Å². The third-order valence-corrected chi connectivity index (χ3v) is 1.99. The van der Waals surface area contributed by atoms with E-state index in [1.807, 2.05) is 20.8 Å². The highest BCUT2D eigenvalue weighted by Crippen LogP contribution is 2.08. The molecule has 2 atom stereocenters. The van der Waals surface area contributed by atoms with Gasteiger partial charge in [-0.2, -0.15) is 0 Å². The lowest BCUT2D eigenvalue weighted by atomic mass is 9.99. The normalized spacial score (nSPS) is 31.5. The minimum Gasteiger partial charge on any atom is -0.339 e. The quantitative estimate of drug-likeness (QED) is 0.500. The van der Waals surface area contributed by atoms with E-state index < -0.39 is 5.54 Å². The zero-order valence-electron chi connectivity index (χ0n) is 7.85. The summed E-state index contributed by atoms with van der Waals surface area (Å²) in [6.45, 7) is 5.77. The van der Waals surface area contributed by atoms with E-state index >= 15 is 0 Å². The minimum atomic E-state index is -0.412. The predicted octanol–water partition coefficient (Wildman–Crippen LogP) is -0.452. The molecule has 12 heavy (non-hydrogen) atoms. The van der Waals surface area contributed by atoms with Crippen molar-refractivity contribution >= 4 is 5.91 Å². The topological polar surface area (TPSA) is 67.2 Å². The average molecular weight is 171 g/mol. The third-order valence-electron chi connectivity index (χ3n) is 1.99. The molecule has 0 aromatic heterocycles. The zero-order valence-corrected chi connectivity index (χ0v) is 7.85. The Labute approximate surface area is 72.9 Å². The number of hydrogen-bond acceptors (Lipinski definition) is 3. The van der Waals surface area contributed by atoms with Gasteiger partial charge in [0.2, 0.25) is 5.91 Å². The number of carbonyl (C=O) groups is 1. The van der Waals surface area contributed by atoms with Gasteiger partial charge in [-0.3, -0.25) is 10.1 Å². The molecule has 4 nitrogen and oxygen atoms in total. The van der Waals surface area contributed by atoms with Crippen molar-refractivity contribution in [2.24, 2.45) is 5.73 Å². The fraction of sp³-hybridized carbons (Fsp3) is 0.875. The highest BCUT2D eigenvalue weighted by atomic mass is 16.2. The van der Waals surface area contributed by atoms with Crippen LogP contribution in [0.1, 0.15) is 27.2 Å². The molecular formula is C8H17N3O. The van der Waals surface area contributed by atoms with Gasteiger partial charge in [-0.05, 0) is 20.8 Å². The van der Waals surface area contributed by atoms with E-state index in [4.69, 9.17) is 5.73 Å². The molecule has 0 aliphatic carbocycles. The molecule has 1 saturated heterocycles. The number of rotatable bonds is 1. The summed E-state index contributed by atoms with van der Waals surface area (Å²) in [5.41, 5.74) is 5.45. The summed E-state index contributed by atoms with van der Waals surface area (Å²) in [4.78, 5) is 11.1. The molecular weight excluding hydrogens is 154 g/mol. The van der Waals surface area contributed by atoms with E-state index in [1.54, 1.807) is 0 Å². The van der Waals surface area contributed by atoms with Crippen LogP contribution in [-0.4, -0.2) is 23.7 Å². The van der Waals surface area contributed by atoms with E-state index in [0.717, 1.165) is 0 Å². The lowest BCUT2D eigenvalue weighted by Gasteiger charge is -2.37. The highest BCUT2D eigenvalue weighted by Gasteiger charge is 2.31. The molecule has 0 radical (unpaired) electrons. The smallest absolute Gasteiger partial charge is 0.222 e. The molecule has 2 unspecified atom stereocenters. The van der Waals surface area contributed by atoms with Gasteiger partial charge >= 0.3 is 0 Å². The average Bonchev–Trinajstić information content (AvgIpc) is 1.82. The Hall–Kier alpha value is -0.610. The Morgan fingerprint density at radius 1 is 1.58 bits per heavy atom. The molecule has 1 aliphatic heterocycles. The number of nitrogens with two attached hydrogens (primary N) is 1. The SMILES string of the molecule is CC1CC(=O)NC(C(C)(C)N)N1. The first kappa shape index (κ1) is 9.48. The van der Waals surface area contributed by atoms with Crippen molar-refractivity contribution in [3.05, 3.63) is 0 Å². The largest absolute Gasteiger partial charge is 0.339 e. The van der Waals surface area contributed by atoms with Crippen LogP contribution in [-0.2, 0) is 4.79 Å². The Kier molecular flexibility index (Phi) is 2.39. The molecule has 0 spiro atoms. The lowest BCUT2D eigenvalue weighted by molar-refractivity contribution is -0.125. The van der Waals surface area contributed by atoms with E-state index in [-0.39, 0.29) is 18.1 Å². The van der Waals surface area contributed by atoms with Crippen LogP contribution in [0, 0.1) is 0 Å². The van der Waals surface area contributed by atoms with Gasteiger partial charge in [0.15, 0.2) is 0 Å². The summed E-state index contributed by atoms with van der Waals surface area (Å²) in [6.07, 6.45) is 0.417. The summed E-state index contributed by atoms with van der Waals surface area (Å²) in [5, 5.41) is 6.04. The Bertz CT molecular complexity index is 185. The zero-order chi connectivity index (χ0) is 9.35. The van der Waals surface area contributed by atoms with Crippen molar-refractivity contribution in [1.82, 2.24) is 10.6 Å². The molecule has 0 bridgehead atoms. The molecule has 1 amide bonds. The Morgan fingerprint density at radius 3 is 2.58 bits per heavy atom. The fourth-order valence-corrected chi connectivity index (χ4v) is 1.28. The second-order valence-electron chi connectivity index (χ2n) is 4.09. The van der Waals surface area contributed by atoms with Crippen molar-refractivity contribution in [3.8, 4) is 0 Å². The van der Waals surface area contributed by atoms with Crippen LogP contribution in [0.3, 0.4) is 0 Å². The minimum absolute atomic E-state index is 0.0739. The number of carbonyl (C=O) groups excluding carboxylic acids is 1. The molecule has 4 N–H and O–H groups in total. The van der Waals surface area contributed by atoms with Crippen LogP contribution >= 0.6 is 0 Å². The van der Waals surface area contributed by atoms with Crippen molar-refractivity contribution in [3.63, 3.8) is 0 Å². The van der Waals surface area contributed by atoms with Gasteiger partial charge in [-0.15, -0.1) is 0 Å². The Morgan fingerprint density at radius 2 is 2.17 bits per heavy atom. The third kappa shape index (κ3) is 2.19. The maximum absolute atomic E-state index is 11.1. The maximum Gasteiger partial charge on any atom is 0.222 e. The molecule has 1 rings (SSSR count). The number of hydrogen-bond donors (Lipinski definition) is 3. The van der Waals surface area contributed by atoms with E-state index in [0.29, 0.717) is 6.42 Å². The summed E-state index contributed by atoms with van der Waals surface area (Å²) in [5.74, 6) is 0.0739. The molecule has 0 saturated carbocycles. The van der Waals surface area contributed by atoms with Gasteiger partial charge in [-0.1, -0.05) is 0 Å². The second-order valence-corrected chi connectivity index (χ2v) is 4.09. The maximum atomic E-state index is 11.1. The van der Waals surface area contributed by atoms with Gasteiger partial charge in [0.25, 0.3) is 0 Å². The van der Waals surface area contributed by atoms with Crippen LogP contribution in [0.25, 0.3) is 0 Å². The monoisotopic (exact) mass is 171 g/mol. The fourth-order valence-electron chi connectivity index (χ4n) is 1.28. The van der Waals surface area contributed by atoms with E-state index in [2.05, 4.69) is 10.6 Å². The second kappa shape index (κ2) is 3.03. The first-order valence-corrected chi connectivity index (χ1v) is 4.24. The van der Waals surface area contributed by atoms with E-state index in [9.17, 15) is 4.79 Å². The van der Waals surface area contributed by atoms with E-state index in [1.165, 1.54) is 0 Å². The Balaban J connectivity index is 2.62. The summed E-state index contributed by atoms with van der Waals surface area (Å²) >= 11 is 0. The lowest BCUT2D eigenvalue weighted by Crippen LogP contribution is -2.67. The van der Waals surface area contributed by atoms with Gasteiger partial charge in [0.05, 0.1) is 6.17 Å². The van der Waals surface area contributed by atoms with Crippen molar-refractivity contribution < 1.29 is 4.79 Å². The molecule has 0 aromatic carbocycles. The molecule has 4 heteroatoms. The highest BCUT2D eigenvalue weighted by molar-refractivity contribution is 5.77. The van der Waals surface area contributed by atoms with Crippen LogP contribution < -0.4 is 16.4 Å². The first-order chi connectivity index (χ1) is 5.39. The standard InChI is InChI=1S/C8H17N3O/c1-5-4-6(12)11-7(10-5)8(2,3)9/h5,7,10H,4,9H2,1-3H3,(H,11,12). The molecule has 1 aliphatic rings. The van der Waals surface area contributed by atoms with Crippen LogP contribution in [0.5, 0.6) is 0 Å². The first-order valence-electron chi connectivity index (χ1n) is 4.24. The summed E-state index contributed by atoms with van der Waals surface area (Å²) < 4.78 is 0. The van der Waals surface area contributed by atoms with Crippen LogP contribution in [0.2, 0.25) is 0 Å². The molecule has 1 fully saturated rings. The van der Waals surface area contributed by atoms with Crippen molar-refractivity contribution in [1.29, 1.82) is 0 Å².